The topological polar surface area (TPSA) is 90.7 Å². The van der Waals surface area contributed by atoms with Gasteiger partial charge in [0.05, 0.1) is 5.56 Å². The third-order valence-electron chi connectivity index (χ3n) is 6.69. The molecule has 8 heteroatoms. The van der Waals surface area contributed by atoms with Crippen molar-refractivity contribution < 1.29 is 14.0 Å². The zero-order valence-electron chi connectivity index (χ0n) is 19.6. The number of carbonyl (C=O) groups is 2. The fraction of sp³-hybridized carbons (Fsp3) is 0.462. The molecule has 0 unspecified atom stereocenters. The second-order valence-electron chi connectivity index (χ2n) is 9.20. The van der Waals surface area contributed by atoms with Gasteiger partial charge in [-0.2, -0.15) is 0 Å². The number of halogens is 1. The average Bonchev–Trinajstić information content (AvgIpc) is 3.10. The molecule has 1 aliphatic heterocycles. The minimum atomic E-state index is -0.309. The highest BCUT2D eigenvalue weighted by molar-refractivity contribution is 6.00. The number of carbonyl (C=O) groups excluding carboxylic acids is 2. The highest BCUT2D eigenvalue weighted by Crippen LogP contribution is 2.25. The molecule has 7 nitrogen and oxygen atoms in total. The third-order valence-corrected chi connectivity index (χ3v) is 6.69. The Morgan fingerprint density at radius 2 is 1.71 bits per heavy atom. The first-order valence-corrected chi connectivity index (χ1v) is 12.2. The quantitative estimate of drug-likeness (QED) is 0.582. The number of urea groups is 1. The Morgan fingerprint density at radius 1 is 0.941 bits per heavy atom. The molecule has 0 radical (unpaired) electrons. The van der Waals surface area contributed by atoms with E-state index in [9.17, 15) is 14.0 Å². The molecule has 1 aliphatic carbocycles. The molecular formula is C26H34FN5O2. The van der Waals surface area contributed by atoms with E-state index in [1.165, 1.54) is 31.4 Å². The number of anilines is 2. The van der Waals surface area contributed by atoms with E-state index in [4.69, 9.17) is 5.73 Å². The zero-order valence-corrected chi connectivity index (χ0v) is 19.6. The lowest BCUT2D eigenvalue weighted by molar-refractivity contribution is 0.0951. The lowest BCUT2D eigenvalue weighted by Crippen LogP contribution is -2.46. The van der Waals surface area contributed by atoms with E-state index in [-0.39, 0.29) is 23.8 Å². The van der Waals surface area contributed by atoms with Crippen LogP contribution in [0.2, 0.25) is 0 Å². The Labute approximate surface area is 200 Å². The maximum Gasteiger partial charge on any atom is 0.317 e. The van der Waals surface area contributed by atoms with E-state index < -0.39 is 0 Å². The van der Waals surface area contributed by atoms with Crippen LogP contribution in [0.1, 0.15) is 54.4 Å². The Balaban J connectivity index is 1.39. The maximum atomic E-state index is 13.1. The predicted octanol–water partition coefficient (Wildman–Crippen LogP) is 3.89. The molecule has 0 atom stereocenters. The summed E-state index contributed by atoms with van der Waals surface area (Å²) in [6.07, 6.45) is 6.57. The van der Waals surface area contributed by atoms with Crippen LogP contribution in [0.25, 0.3) is 0 Å². The first-order chi connectivity index (χ1) is 16.5. The molecule has 1 saturated carbocycles. The van der Waals surface area contributed by atoms with Crippen molar-refractivity contribution in [1.29, 1.82) is 0 Å². The molecule has 3 amide bonds. The van der Waals surface area contributed by atoms with Crippen molar-refractivity contribution in [3.05, 3.63) is 59.4 Å². The summed E-state index contributed by atoms with van der Waals surface area (Å²) in [5, 5.41) is 6.12. The molecule has 2 aliphatic rings. The Morgan fingerprint density at radius 3 is 2.47 bits per heavy atom. The van der Waals surface area contributed by atoms with E-state index >= 15 is 0 Å². The Hall–Kier alpha value is -3.29. The third kappa shape index (κ3) is 6.18. The van der Waals surface area contributed by atoms with Crippen LogP contribution in [0.4, 0.5) is 20.6 Å². The fourth-order valence-corrected chi connectivity index (χ4v) is 4.77. The van der Waals surface area contributed by atoms with E-state index in [1.807, 2.05) is 11.0 Å². The standard InChI is InChI=1S/C26H34FN5O2/c27-20-9-7-19(8-10-20)18-29-25(33)23-17-21(28)11-12-24(23)31-13-4-14-32(16-15-31)26(34)30-22-5-2-1-3-6-22/h7-12,17,22H,1-6,13-16,18,28H2,(H,29,33)(H,30,34). The number of nitrogens with zero attached hydrogens (tertiary/aromatic N) is 2. The molecular weight excluding hydrogens is 433 g/mol. The minimum Gasteiger partial charge on any atom is -0.399 e. The largest absolute Gasteiger partial charge is 0.399 e. The van der Waals surface area contributed by atoms with Crippen LogP contribution in [0, 0.1) is 5.82 Å². The molecule has 1 saturated heterocycles. The second-order valence-corrected chi connectivity index (χ2v) is 9.20. The summed E-state index contributed by atoms with van der Waals surface area (Å²) in [5.41, 5.74) is 8.63. The van der Waals surface area contributed by atoms with Crippen LogP contribution in [0.3, 0.4) is 0 Å². The van der Waals surface area contributed by atoms with Gasteiger partial charge >= 0.3 is 6.03 Å². The normalized spacial score (nSPS) is 17.2. The number of nitrogens with two attached hydrogens (primary N) is 1. The van der Waals surface area contributed by atoms with Gasteiger partial charge in [-0.15, -0.1) is 0 Å². The van der Waals surface area contributed by atoms with Crippen molar-refractivity contribution >= 4 is 23.3 Å². The summed E-state index contributed by atoms with van der Waals surface area (Å²) in [6.45, 7) is 2.97. The van der Waals surface area contributed by atoms with Gasteiger partial charge in [-0.3, -0.25) is 4.79 Å². The van der Waals surface area contributed by atoms with Crippen LogP contribution < -0.4 is 21.3 Å². The highest BCUT2D eigenvalue weighted by atomic mass is 19.1. The minimum absolute atomic E-state index is 0.0170. The first-order valence-electron chi connectivity index (χ1n) is 12.2. The SMILES string of the molecule is Nc1ccc(N2CCCN(C(=O)NC3CCCCC3)CC2)c(C(=O)NCc2ccc(F)cc2)c1. The van der Waals surface area contributed by atoms with Crippen molar-refractivity contribution in [1.82, 2.24) is 15.5 Å². The highest BCUT2D eigenvalue weighted by Gasteiger charge is 2.24. The Kier molecular flexibility index (Phi) is 7.87. The van der Waals surface area contributed by atoms with Crippen LogP contribution in [-0.4, -0.2) is 49.1 Å². The van der Waals surface area contributed by atoms with E-state index in [2.05, 4.69) is 15.5 Å². The Bertz CT molecular complexity index is 991. The maximum absolute atomic E-state index is 13.1. The van der Waals surface area contributed by atoms with Gasteiger partial charge in [0.1, 0.15) is 5.82 Å². The number of rotatable bonds is 5. The van der Waals surface area contributed by atoms with Gasteiger partial charge in [0.2, 0.25) is 0 Å². The van der Waals surface area contributed by atoms with Gasteiger partial charge in [-0.05, 0) is 55.2 Å². The zero-order chi connectivity index (χ0) is 23.9. The molecule has 2 aromatic rings. The molecule has 2 fully saturated rings. The van der Waals surface area contributed by atoms with Gasteiger partial charge in [-0.25, -0.2) is 9.18 Å². The van der Waals surface area contributed by atoms with Crippen LogP contribution in [0.5, 0.6) is 0 Å². The fourth-order valence-electron chi connectivity index (χ4n) is 4.77. The van der Waals surface area contributed by atoms with Crippen LogP contribution in [-0.2, 0) is 6.54 Å². The van der Waals surface area contributed by atoms with Gasteiger partial charge in [0, 0.05) is 50.1 Å². The second kappa shape index (κ2) is 11.2. The molecule has 4 rings (SSSR count). The van der Waals surface area contributed by atoms with E-state index in [0.29, 0.717) is 37.4 Å². The molecule has 0 bridgehead atoms. The van der Waals surface area contributed by atoms with Gasteiger partial charge in [0.25, 0.3) is 5.91 Å². The molecule has 4 N–H and O–H groups in total. The number of amides is 3. The molecule has 2 aromatic carbocycles. The molecule has 0 aromatic heterocycles. The smallest absolute Gasteiger partial charge is 0.317 e. The summed E-state index contributed by atoms with van der Waals surface area (Å²) in [4.78, 5) is 29.9. The number of hydrogen-bond donors (Lipinski definition) is 3. The van der Waals surface area contributed by atoms with Crippen LogP contribution in [0.15, 0.2) is 42.5 Å². The lowest BCUT2D eigenvalue weighted by atomic mass is 9.96. The van der Waals surface area contributed by atoms with E-state index in [1.54, 1.807) is 24.3 Å². The average molecular weight is 468 g/mol. The summed E-state index contributed by atoms with van der Waals surface area (Å²) < 4.78 is 13.1. The molecule has 182 valence electrons. The summed E-state index contributed by atoms with van der Waals surface area (Å²) in [5.74, 6) is -0.543. The molecule has 0 spiro atoms. The van der Waals surface area contributed by atoms with Crippen LogP contribution >= 0.6 is 0 Å². The van der Waals surface area contributed by atoms with E-state index in [0.717, 1.165) is 37.1 Å². The van der Waals surface area contributed by atoms with Gasteiger partial charge in [-0.1, -0.05) is 31.4 Å². The van der Waals surface area contributed by atoms with Gasteiger partial charge < -0.3 is 26.2 Å². The van der Waals surface area contributed by atoms with Crippen molar-refractivity contribution in [2.45, 2.75) is 51.1 Å². The summed E-state index contributed by atoms with van der Waals surface area (Å²) in [6, 6.07) is 11.7. The summed E-state index contributed by atoms with van der Waals surface area (Å²) in [7, 11) is 0. The number of nitrogens with one attached hydrogen (secondary N) is 2. The molecule has 34 heavy (non-hydrogen) atoms. The molecule has 1 heterocycles. The van der Waals surface area contributed by atoms with Crippen molar-refractivity contribution in [2.24, 2.45) is 0 Å². The summed E-state index contributed by atoms with van der Waals surface area (Å²) >= 11 is 0. The number of hydrogen-bond acceptors (Lipinski definition) is 4. The monoisotopic (exact) mass is 467 g/mol. The van der Waals surface area contributed by atoms with Gasteiger partial charge in [0.15, 0.2) is 0 Å². The number of nitrogen functional groups attached to an aromatic ring is 1. The number of benzene rings is 2. The van der Waals surface area contributed by atoms with Crippen molar-refractivity contribution in [3.63, 3.8) is 0 Å². The van der Waals surface area contributed by atoms with Crippen molar-refractivity contribution in [3.8, 4) is 0 Å². The van der Waals surface area contributed by atoms with Crippen molar-refractivity contribution in [2.75, 3.05) is 36.8 Å². The lowest BCUT2D eigenvalue weighted by Gasteiger charge is -2.28. The first kappa shape index (κ1) is 23.9. The predicted molar refractivity (Wildman–Crippen MR) is 132 cm³/mol.